The minimum atomic E-state index is 0.732. The molecule has 6 nitrogen and oxygen atoms in total. The van der Waals surface area contributed by atoms with Crippen LogP contribution >= 0.6 is 0 Å². The summed E-state index contributed by atoms with van der Waals surface area (Å²) in [6.07, 6.45) is 9.67. The van der Waals surface area contributed by atoms with Crippen LogP contribution in [-0.4, -0.2) is 38.2 Å². The van der Waals surface area contributed by atoms with Gasteiger partial charge < -0.3 is 5.32 Å². The fourth-order valence-electron chi connectivity index (χ4n) is 4.31. The Kier molecular flexibility index (Phi) is 5.69. The Balaban J connectivity index is 1.40. The number of benzene rings is 1. The molecule has 0 aliphatic carbocycles. The van der Waals surface area contributed by atoms with Crippen LogP contribution in [0.3, 0.4) is 0 Å². The molecule has 162 valence electrons. The van der Waals surface area contributed by atoms with E-state index >= 15 is 0 Å². The topological polar surface area (TPSA) is 69.7 Å². The van der Waals surface area contributed by atoms with Gasteiger partial charge in [-0.05, 0) is 74.3 Å². The third-order valence-electron chi connectivity index (χ3n) is 6.04. The molecule has 0 unspecified atom stereocenters. The average molecular weight is 425 g/mol. The summed E-state index contributed by atoms with van der Waals surface area (Å²) in [6, 6.07) is 12.6. The highest BCUT2D eigenvalue weighted by Gasteiger charge is 2.13. The van der Waals surface area contributed by atoms with Gasteiger partial charge in [0.2, 0.25) is 0 Å². The quantitative estimate of drug-likeness (QED) is 0.434. The fraction of sp³-hybridized carbons (Fsp3) is 0.269. The number of anilines is 1. The number of nitrogens with one attached hydrogen (secondary N) is 2. The van der Waals surface area contributed by atoms with Crippen molar-refractivity contribution in [3.05, 3.63) is 78.5 Å². The zero-order valence-corrected chi connectivity index (χ0v) is 18.4. The second-order valence-electron chi connectivity index (χ2n) is 8.54. The number of hydrogen-bond acceptors (Lipinski definition) is 5. The van der Waals surface area contributed by atoms with Crippen molar-refractivity contribution >= 4 is 22.3 Å². The van der Waals surface area contributed by atoms with Gasteiger partial charge in [-0.3, -0.25) is 20.0 Å². The molecule has 0 saturated carbocycles. The van der Waals surface area contributed by atoms with Crippen LogP contribution in [0.4, 0.5) is 5.69 Å². The second kappa shape index (κ2) is 8.93. The van der Waals surface area contributed by atoms with E-state index in [0.717, 1.165) is 51.3 Å². The van der Waals surface area contributed by atoms with Crippen LogP contribution in [0, 0.1) is 6.92 Å². The summed E-state index contributed by atoms with van der Waals surface area (Å²) in [6.45, 7) is 9.50. The molecule has 4 heterocycles. The van der Waals surface area contributed by atoms with Crippen LogP contribution in [0.25, 0.3) is 27.7 Å². The lowest BCUT2D eigenvalue weighted by Crippen LogP contribution is -2.29. The number of fused-ring (bicyclic) bond motifs is 1. The molecule has 5 rings (SSSR count). The first-order valence-corrected chi connectivity index (χ1v) is 11.2. The van der Waals surface area contributed by atoms with Crippen molar-refractivity contribution < 1.29 is 0 Å². The predicted octanol–water partition coefficient (Wildman–Crippen LogP) is 5.40. The number of aryl methyl sites for hydroxylation is 1. The molecule has 32 heavy (non-hydrogen) atoms. The lowest BCUT2D eigenvalue weighted by molar-refractivity contribution is 0.220. The van der Waals surface area contributed by atoms with E-state index in [1.807, 2.05) is 31.5 Å². The van der Waals surface area contributed by atoms with Gasteiger partial charge in [0.25, 0.3) is 0 Å². The highest BCUT2D eigenvalue weighted by Crippen LogP contribution is 2.29. The first-order chi connectivity index (χ1) is 15.7. The molecule has 0 bridgehead atoms. The Labute approximate surface area is 188 Å². The molecule has 0 spiro atoms. The standard InChI is InChI=1S/C26H28N6/c1-18-6-8-23(16-28-18)29-19(2)26-24-13-21(7-9-25(24)30-31-26)22-12-20(14-27-15-22)17-32-10-4-3-5-11-32/h6-9,12-16,29H,2-5,10-11,17H2,1H3,(H,30,31). The third-order valence-corrected chi connectivity index (χ3v) is 6.04. The summed E-state index contributed by atoms with van der Waals surface area (Å²) in [5.41, 5.74) is 7.89. The number of H-pyrrole nitrogens is 1. The van der Waals surface area contributed by atoms with Gasteiger partial charge in [-0.2, -0.15) is 5.10 Å². The maximum Gasteiger partial charge on any atom is 0.116 e. The summed E-state index contributed by atoms with van der Waals surface area (Å²) in [5, 5.41) is 12.0. The molecule has 1 fully saturated rings. The van der Waals surface area contributed by atoms with E-state index in [2.05, 4.69) is 61.2 Å². The minimum absolute atomic E-state index is 0.732. The van der Waals surface area contributed by atoms with Gasteiger partial charge in [-0.1, -0.05) is 19.1 Å². The minimum Gasteiger partial charge on any atom is -0.353 e. The monoisotopic (exact) mass is 424 g/mol. The van der Waals surface area contributed by atoms with Gasteiger partial charge in [-0.15, -0.1) is 0 Å². The first kappa shape index (κ1) is 20.4. The Morgan fingerprint density at radius 3 is 2.72 bits per heavy atom. The third kappa shape index (κ3) is 4.41. The van der Waals surface area contributed by atoms with Crippen molar-refractivity contribution in [1.29, 1.82) is 0 Å². The largest absolute Gasteiger partial charge is 0.353 e. The summed E-state index contributed by atoms with van der Waals surface area (Å²) >= 11 is 0. The molecular weight excluding hydrogens is 396 g/mol. The summed E-state index contributed by atoms with van der Waals surface area (Å²) in [7, 11) is 0. The number of rotatable bonds is 6. The normalized spacial score (nSPS) is 14.5. The van der Waals surface area contributed by atoms with Crippen molar-refractivity contribution in [3.63, 3.8) is 0 Å². The van der Waals surface area contributed by atoms with Gasteiger partial charge in [-0.25, -0.2) is 0 Å². The molecule has 1 aliphatic heterocycles. The Morgan fingerprint density at radius 2 is 1.91 bits per heavy atom. The first-order valence-electron chi connectivity index (χ1n) is 11.2. The number of piperidine rings is 1. The summed E-state index contributed by atoms with van der Waals surface area (Å²) in [4.78, 5) is 11.4. The molecule has 0 radical (unpaired) electrons. The Bertz CT molecular complexity index is 1230. The van der Waals surface area contributed by atoms with E-state index in [9.17, 15) is 0 Å². The number of pyridine rings is 2. The van der Waals surface area contributed by atoms with E-state index in [1.54, 1.807) is 6.20 Å². The van der Waals surface area contributed by atoms with Crippen LogP contribution in [0.5, 0.6) is 0 Å². The molecule has 0 amide bonds. The number of aromatic amines is 1. The van der Waals surface area contributed by atoms with Crippen LogP contribution in [0.2, 0.25) is 0 Å². The number of likely N-dealkylation sites (tertiary alicyclic amines) is 1. The van der Waals surface area contributed by atoms with Crippen molar-refractivity contribution in [1.82, 2.24) is 25.1 Å². The Hall–Kier alpha value is -3.51. The maximum atomic E-state index is 4.53. The van der Waals surface area contributed by atoms with Gasteiger partial charge >= 0.3 is 0 Å². The lowest BCUT2D eigenvalue weighted by atomic mass is 10.0. The van der Waals surface area contributed by atoms with Crippen LogP contribution in [0.1, 0.15) is 36.2 Å². The smallest absolute Gasteiger partial charge is 0.116 e. The van der Waals surface area contributed by atoms with Gasteiger partial charge in [0.1, 0.15) is 5.69 Å². The second-order valence-corrected chi connectivity index (χ2v) is 8.54. The maximum absolute atomic E-state index is 4.53. The molecule has 1 aromatic carbocycles. The molecule has 1 aliphatic rings. The zero-order valence-electron chi connectivity index (χ0n) is 18.4. The molecule has 0 atom stereocenters. The van der Waals surface area contributed by atoms with E-state index in [0.29, 0.717) is 0 Å². The molecular formula is C26H28N6. The predicted molar refractivity (Wildman–Crippen MR) is 130 cm³/mol. The summed E-state index contributed by atoms with van der Waals surface area (Å²) < 4.78 is 0. The van der Waals surface area contributed by atoms with Gasteiger partial charge in [0.05, 0.1) is 23.1 Å². The van der Waals surface area contributed by atoms with Crippen molar-refractivity contribution in [2.75, 3.05) is 18.4 Å². The molecule has 3 aromatic heterocycles. The van der Waals surface area contributed by atoms with E-state index < -0.39 is 0 Å². The Morgan fingerprint density at radius 1 is 1.03 bits per heavy atom. The average Bonchev–Trinajstić information content (AvgIpc) is 3.25. The SMILES string of the molecule is C=C(Nc1ccc(C)nc1)c1n[nH]c2ccc(-c3cncc(CN4CCCCC4)c3)cc12. The van der Waals surface area contributed by atoms with Crippen LogP contribution in [0.15, 0.2) is 61.6 Å². The van der Waals surface area contributed by atoms with Gasteiger partial charge in [0.15, 0.2) is 0 Å². The van der Waals surface area contributed by atoms with Crippen LogP contribution < -0.4 is 5.32 Å². The molecule has 6 heteroatoms. The van der Waals surface area contributed by atoms with Gasteiger partial charge in [0, 0.05) is 35.6 Å². The molecule has 2 N–H and O–H groups in total. The van der Waals surface area contributed by atoms with Crippen LogP contribution in [-0.2, 0) is 6.54 Å². The number of hydrogen-bond donors (Lipinski definition) is 2. The molecule has 4 aromatic rings. The van der Waals surface area contributed by atoms with Crippen molar-refractivity contribution in [2.24, 2.45) is 0 Å². The van der Waals surface area contributed by atoms with E-state index in [-0.39, 0.29) is 0 Å². The number of nitrogens with zero attached hydrogens (tertiary/aromatic N) is 4. The highest BCUT2D eigenvalue weighted by atomic mass is 15.1. The van der Waals surface area contributed by atoms with Crippen molar-refractivity contribution in [2.45, 2.75) is 32.7 Å². The van der Waals surface area contributed by atoms with E-state index in [1.165, 1.54) is 37.9 Å². The lowest BCUT2D eigenvalue weighted by Gasteiger charge is -2.26. The van der Waals surface area contributed by atoms with Crippen molar-refractivity contribution in [3.8, 4) is 11.1 Å². The summed E-state index contributed by atoms with van der Waals surface area (Å²) in [5.74, 6) is 0. The zero-order chi connectivity index (χ0) is 21.9. The highest BCUT2D eigenvalue weighted by molar-refractivity contribution is 5.95. The molecule has 1 saturated heterocycles. The van der Waals surface area contributed by atoms with E-state index in [4.69, 9.17) is 0 Å². The number of aromatic nitrogens is 4. The fourth-order valence-corrected chi connectivity index (χ4v) is 4.31.